The number of guanidine groups is 1. The molecule has 2 atom stereocenters. The van der Waals surface area contributed by atoms with E-state index in [2.05, 4.69) is 55.3 Å². The largest absolute Gasteiger partial charge is 0.370 e. The summed E-state index contributed by atoms with van der Waals surface area (Å²) in [6.45, 7) is 6.84. The van der Waals surface area contributed by atoms with Crippen LogP contribution in [0.4, 0.5) is 0 Å². The summed E-state index contributed by atoms with van der Waals surface area (Å²) in [6.07, 6.45) is 1.59. The predicted molar refractivity (Wildman–Crippen MR) is 189 cm³/mol. The Morgan fingerprint density at radius 2 is 1.53 bits per heavy atom. The molecule has 0 saturated carbocycles. The van der Waals surface area contributed by atoms with Crippen LogP contribution in [-0.2, 0) is 16.6 Å². The van der Waals surface area contributed by atoms with Crippen LogP contribution < -0.4 is 22.5 Å². The van der Waals surface area contributed by atoms with Gasteiger partial charge in [0.25, 0.3) is 5.91 Å². The lowest BCUT2D eigenvalue weighted by Crippen LogP contribution is -2.30. The van der Waals surface area contributed by atoms with Gasteiger partial charge in [-0.3, -0.25) is 14.6 Å². The average molecular weight is 630 g/mol. The first kappa shape index (κ1) is 32.9. The normalized spacial score (nSPS) is 12.7. The molecule has 47 heavy (non-hydrogen) atoms. The van der Waals surface area contributed by atoms with E-state index in [1.807, 2.05) is 71.3 Å². The Bertz CT molecular complexity index is 1850. The third-order valence-electron chi connectivity index (χ3n) is 8.32. The van der Waals surface area contributed by atoms with E-state index in [4.69, 9.17) is 22.2 Å². The van der Waals surface area contributed by atoms with Crippen molar-refractivity contribution in [1.29, 1.82) is 0 Å². The topological polar surface area (TPSA) is 154 Å². The zero-order valence-electron chi connectivity index (χ0n) is 27.2. The molecule has 0 radical (unpaired) electrons. The Hall–Kier alpha value is -5.44. The summed E-state index contributed by atoms with van der Waals surface area (Å²) in [7, 11) is 0. The van der Waals surface area contributed by atoms with Gasteiger partial charge in [0.1, 0.15) is 11.9 Å². The lowest BCUT2D eigenvalue weighted by Gasteiger charge is -2.21. The zero-order valence-corrected chi connectivity index (χ0v) is 27.2. The molecule has 0 aliphatic heterocycles. The van der Waals surface area contributed by atoms with Crippen molar-refractivity contribution in [2.24, 2.45) is 22.2 Å². The van der Waals surface area contributed by atoms with Crippen LogP contribution in [0.1, 0.15) is 72.7 Å². The molecule has 0 fully saturated rings. The van der Waals surface area contributed by atoms with Crippen molar-refractivity contribution in [3.05, 3.63) is 125 Å². The van der Waals surface area contributed by atoms with Crippen molar-refractivity contribution in [2.45, 2.75) is 57.5 Å². The number of nitrogens with two attached hydrogens (primary N) is 3. The van der Waals surface area contributed by atoms with Crippen LogP contribution in [0.5, 0.6) is 0 Å². The molecule has 5 rings (SSSR count). The van der Waals surface area contributed by atoms with Gasteiger partial charge in [0.05, 0.1) is 17.1 Å². The number of rotatable bonds is 12. The quantitative estimate of drug-likeness (QED) is 0.0781. The fraction of sp³-hybridized carbons (Fsp3) is 0.263. The lowest BCUT2D eigenvalue weighted by molar-refractivity contribution is -0.121. The molecule has 1 aromatic heterocycles. The Balaban J connectivity index is 1.53. The van der Waals surface area contributed by atoms with Gasteiger partial charge in [-0.15, -0.1) is 0 Å². The molecule has 5 aromatic rings. The highest BCUT2D eigenvalue weighted by Crippen LogP contribution is 2.33. The van der Waals surface area contributed by atoms with Crippen molar-refractivity contribution in [1.82, 2.24) is 14.9 Å². The van der Waals surface area contributed by atoms with Gasteiger partial charge in [-0.2, -0.15) is 0 Å². The summed E-state index contributed by atoms with van der Waals surface area (Å²) in [5.41, 5.74) is 22.9. The average Bonchev–Trinajstić information content (AvgIpc) is 3.43. The highest BCUT2D eigenvalue weighted by atomic mass is 16.2. The molecule has 0 spiro atoms. The van der Waals surface area contributed by atoms with E-state index >= 15 is 0 Å². The minimum absolute atomic E-state index is 0.00240. The third kappa shape index (κ3) is 8.05. The second-order valence-electron chi connectivity index (χ2n) is 12.8. The zero-order chi connectivity index (χ0) is 33.6. The van der Waals surface area contributed by atoms with Crippen molar-refractivity contribution >= 4 is 28.8 Å². The first-order chi connectivity index (χ1) is 22.5. The number of imidazole rings is 1. The Morgan fingerprint density at radius 1 is 0.872 bits per heavy atom. The van der Waals surface area contributed by atoms with Crippen LogP contribution >= 0.6 is 0 Å². The van der Waals surface area contributed by atoms with Crippen molar-refractivity contribution < 1.29 is 9.59 Å². The lowest BCUT2D eigenvalue weighted by atomic mass is 9.86. The summed E-state index contributed by atoms with van der Waals surface area (Å²) >= 11 is 0. The van der Waals surface area contributed by atoms with Gasteiger partial charge in [0.15, 0.2) is 5.96 Å². The van der Waals surface area contributed by atoms with E-state index in [1.165, 1.54) is 5.56 Å². The van der Waals surface area contributed by atoms with Gasteiger partial charge in [-0.25, -0.2) is 4.98 Å². The number of carbonyl (C=O) groups is 2. The summed E-state index contributed by atoms with van der Waals surface area (Å²) < 4.78 is 1.88. The highest BCUT2D eigenvalue weighted by Gasteiger charge is 2.26. The summed E-state index contributed by atoms with van der Waals surface area (Å²) in [5, 5.41) is 3.24. The number of aromatic nitrogens is 2. The molecule has 7 N–H and O–H groups in total. The fourth-order valence-electron chi connectivity index (χ4n) is 5.80. The van der Waals surface area contributed by atoms with Gasteiger partial charge in [-0.1, -0.05) is 106 Å². The SMILES string of the molecule is CC(C)(C)c1ccc(-c2nc3cc(C(=O)NC(Cc4ccccc4)c4ccccc4)ccc3n2C(CCCN=C(N)N)C(N)=O)cc1. The van der Waals surface area contributed by atoms with E-state index in [9.17, 15) is 9.59 Å². The summed E-state index contributed by atoms with van der Waals surface area (Å²) in [6, 6.07) is 32.7. The third-order valence-corrected chi connectivity index (χ3v) is 8.32. The molecule has 0 aliphatic rings. The van der Waals surface area contributed by atoms with Gasteiger partial charge in [0, 0.05) is 17.7 Å². The van der Waals surface area contributed by atoms with Crippen LogP contribution in [0.2, 0.25) is 0 Å². The molecule has 0 aliphatic carbocycles. The number of hydrogen-bond donors (Lipinski definition) is 4. The molecule has 0 saturated heterocycles. The number of nitrogens with one attached hydrogen (secondary N) is 1. The number of aliphatic imine (C=N–C) groups is 1. The standard InChI is InChI=1S/C38H43N7O2/c1-38(2,3)29-19-16-27(17-20-29)35-43-31-24-28(18-21-32(31)45(35)33(34(39)46)15-10-22-42-37(40)41)36(47)44-30(26-13-8-5-9-14-26)23-25-11-6-4-7-12-25/h4-9,11-14,16-21,24,30,33H,10,15,22-23H2,1-3H3,(H2,39,46)(H,44,47)(H4,40,41,42). The molecular weight excluding hydrogens is 586 g/mol. The summed E-state index contributed by atoms with van der Waals surface area (Å²) in [5.74, 6) is -0.117. The Labute approximate surface area is 275 Å². The Kier molecular flexibility index (Phi) is 10.0. The maximum absolute atomic E-state index is 13.8. The van der Waals surface area contributed by atoms with E-state index in [-0.39, 0.29) is 23.3 Å². The van der Waals surface area contributed by atoms with Crippen molar-refractivity contribution in [3.8, 4) is 11.4 Å². The first-order valence-corrected chi connectivity index (χ1v) is 15.9. The molecule has 1 heterocycles. The molecule has 242 valence electrons. The molecule has 0 bridgehead atoms. The van der Waals surface area contributed by atoms with E-state index in [1.54, 1.807) is 12.1 Å². The van der Waals surface area contributed by atoms with Crippen molar-refractivity contribution in [3.63, 3.8) is 0 Å². The highest BCUT2D eigenvalue weighted by molar-refractivity contribution is 5.98. The second kappa shape index (κ2) is 14.3. The number of fused-ring (bicyclic) bond motifs is 1. The van der Waals surface area contributed by atoms with Gasteiger partial charge in [-0.05, 0) is 59.6 Å². The number of nitrogens with zero attached hydrogens (tertiary/aromatic N) is 3. The van der Waals surface area contributed by atoms with Crippen LogP contribution in [0.25, 0.3) is 22.4 Å². The molecule has 9 nitrogen and oxygen atoms in total. The second-order valence-corrected chi connectivity index (χ2v) is 12.8. The first-order valence-electron chi connectivity index (χ1n) is 15.9. The number of hydrogen-bond acceptors (Lipinski definition) is 4. The van der Waals surface area contributed by atoms with E-state index in [0.717, 1.165) is 16.7 Å². The molecule has 9 heteroatoms. The predicted octanol–water partition coefficient (Wildman–Crippen LogP) is 5.79. The van der Waals surface area contributed by atoms with Gasteiger partial charge in [0.2, 0.25) is 5.91 Å². The minimum atomic E-state index is -0.709. The van der Waals surface area contributed by atoms with Crippen LogP contribution in [0.3, 0.4) is 0 Å². The number of benzene rings is 4. The van der Waals surface area contributed by atoms with Crippen LogP contribution in [-0.4, -0.2) is 33.9 Å². The smallest absolute Gasteiger partial charge is 0.251 e. The molecule has 2 amide bonds. The number of amides is 2. The number of primary amides is 1. The van der Waals surface area contributed by atoms with Crippen molar-refractivity contribution in [2.75, 3.05) is 6.54 Å². The molecule has 2 unspecified atom stereocenters. The fourth-order valence-corrected chi connectivity index (χ4v) is 5.80. The van der Waals surface area contributed by atoms with Crippen LogP contribution in [0, 0.1) is 0 Å². The Morgan fingerprint density at radius 3 is 2.15 bits per heavy atom. The van der Waals surface area contributed by atoms with E-state index in [0.29, 0.717) is 48.2 Å². The van der Waals surface area contributed by atoms with Gasteiger partial charge >= 0.3 is 0 Å². The summed E-state index contributed by atoms with van der Waals surface area (Å²) in [4.78, 5) is 35.8. The monoisotopic (exact) mass is 629 g/mol. The maximum atomic E-state index is 13.8. The van der Waals surface area contributed by atoms with E-state index < -0.39 is 11.9 Å². The maximum Gasteiger partial charge on any atom is 0.251 e. The number of carbonyl (C=O) groups excluding carboxylic acids is 2. The minimum Gasteiger partial charge on any atom is -0.370 e. The molecular formula is C38H43N7O2. The molecule has 4 aromatic carbocycles. The van der Waals surface area contributed by atoms with Gasteiger partial charge < -0.3 is 27.1 Å². The van der Waals surface area contributed by atoms with Crippen LogP contribution in [0.15, 0.2) is 108 Å².